The SMILES string of the molecule is CC(C)(O)CC[C@H](NC(=O)OC(C)(C)C)C(=O)O. The zero-order chi connectivity index (χ0) is 14.6. The van der Waals surface area contributed by atoms with Crippen molar-refractivity contribution < 1.29 is 24.5 Å². The number of carboxylic acid groups (broad SMARTS) is 1. The molecule has 0 fully saturated rings. The molecule has 0 aliphatic heterocycles. The summed E-state index contributed by atoms with van der Waals surface area (Å²) in [5, 5.41) is 20.8. The number of aliphatic hydroxyl groups is 1. The molecule has 1 atom stereocenters. The number of carbonyl (C=O) groups excluding carboxylic acids is 1. The minimum Gasteiger partial charge on any atom is -0.480 e. The zero-order valence-electron chi connectivity index (χ0n) is 11.6. The van der Waals surface area contributed by atoms with Gasteiger partial charge in [-0.15, -0.1) is 0 Å². The Balaban J connectivity index is 4.37. The average Bonchev–Trinajstić information content (AvgIpc) is 2.06. The zero-order valence-corrected chi connectivity index (χ0v) is 11.6. The van der Waals surface area contributed by atoms with Gasteiger partial charge in [0, 0.05) is 0 Å². The molecule has 0 aromatic carbocycles. The number of carboxylic acids is 1. The fraction of sp³-hybridized carbons (Fsp3) is 0.833. The van der Waals surface area contributed by atoms with Gasteiger partial charge in [0.2, 0.25) is 0 Å². The molecule has 0 spiro atoms. The van der Waals surface area contributed by atoms with Crippen LogP contribution in [0.1, 0.15) is 47.5 Å². The van der Waals surface area contributed by atoms with Crippen LogP contribution >= 0.6 is 0 Å². The molecule has 0 heterocycles. The lowest BCUT2D eigenvalue weighted by molar-refractivity contribution is -0.139. The van der Waals surface area contributed by atoms with Gasteiger partial charge in [-0.2, -0.15) is 0 Å². The van der Waals surface area contributed by atoms with Gasteiger partial charge in [-0.1, -0.05) is 0 Å². The van der Waals surface area contributed by atoms with Crippen molar-refractivity contribution in [3.63, 3.8) is 0 Å². The summed E-state index contributed by atoms with van der Waals surface area (Å²) in [6.07, 6.45) is -0.372. The molecule has 0 aromatic heterocycles. The van der Waals surface area contributed by atoms with Crippen molar-refractivity contribution in [3.8, 4) is 0 Å². The van der Waals surface area contributed by atoms with Crippen LogP contribution < -0.4 is 5.32 Å². The summed E-state index contributed by atoms with van der Waals surface area (Å²) >= 11 is 0. The monoisotopic (exact) mass is 261 g/mol. The van der Waals surface area contributed by atoms with Gasteiger partial charge in [0.1, 0.15) is 11.6 Å². The lowest BCUT2D eigenvalue weighted by Crippen LogP contribution is -2.44. The number of rotatable bonds is 5. The van der Waals surface area contributed by atoms with E-state index >= 15 is 0 Å². The minimum atomic E-state index is -1.15. The summed E-state index contributed by atoms with van der Waals surface area (Å²) in [7, 11) is 0. The molecule has 0 bridgehead atoms. The van der Waals surface area contributed by atoms with E-state index in [0.717, 1.165) is 0 Å². The summed E-state index contributed by atoms with van der Waals surface area (Å²) in [4.78, 5) is 22.4. The van der Waals surface area contributed by atoms with Crippen LogP contribution in [0.4, 0.5) is 4.79 Å². The molecule has 0 aliphatic carbocycles. The smallest absolute Gasteiger partial charge is 0.408 e. The molecule has 0 aliphatic rings. The fourth-order valence-corrected chi connectivity index (χ4v) is 1.20. The maximum atomic E-state index is 11.4. The molecule has 18 heavy (non-hydrogen) atoms. The van der Waals surface area contributed by atoms with Crippen molar-refractivity contribution in [2.75, 3.05) is 0 Å². The first-order valence-electron chi connectivity index (χ1n) is 5.85. The topological polar surface area (TPSA) is 95.9 Å². The average molecular weight is 261 g/mol. The number of amides is 1. The molecule has 0 rings (SSSR count). The quantitative estimate of drug-likeness (QED) is 0.697. The molecular formula is C12H23NO5. The highest BCUT2D eigenvalue weighted by atomic mass is 16.6. The Labute approximate surface area is 107 Å². The minimum absolute atomic E-state index is 0.137. The highest BCUT2D eigenvalue weighted by Gasteiger charge is 2.25. The molecule has 0 saturated carbocycles. The number of hydrogen-bond donors (Lipinski definition) is 3. The lowest BCUT2D eigenvalue weighted by atomic mass is 9.99. The first kappa shape index (κ1) is 16.7. The molecule has 3 N–H and O–H groups in total. The van der Waals surface area contributed by atoms with Crippen molar-refractivity contribution in [2.45, 2.75) is 64.7 Å². The molecule has 6 nitrogen and oxygen atoms in total. The third kappa shape index (κ3) is 8.81. The predicted octanol–water partition coefficient (Wildman–Crippen LogP) is 1.52. The molecule has 106 valence electrons. The van der Waals surface area contributed by atoms with Gasteiger partial charge in [-0.05, 0) is 47.5 Å². The standard InChI is InChI=1S/C12H23NO5/c1-11(2,3)18-10(16)13-8(9(14)15)6-7-12(4,5)17/h8,17H,6-7H2,1-5H3,(H,13,16)(H,14,15)/t8-/m0/s1. The molecule has 0 aromatic rings. The molecule has 0 unspecified atom stereocenters. The van der Waals surface area contributed by atoms with Gasteiger partial charge in [0.25, 0.3) is 0 Å². The summed E-state index contributed by atoms with van der Waals surface area (Å²) in [5.41, 5.74) is -1.65. The second-order valence-corrected chi connectivity index (χ2v) is 5.89. The van der Waals surface area contributed by atoms with Gasteiger partial charge in [-0.25, -0.2) is 9.59 Å². The van der Waals surface area contributed by atoms with Crippen LogP contribution in [-0.4, -0.2) is 39.5 Å². The van der Waals surface area contributed by atoms with Gasteiger partial charge in [0.15, 0.2) is 0 Å². The van der Waals surface area contributed by atoms with Gasteiger partial charge < -0.3 is 20.3 Å². The molecular weight excluding hydrogens is 238 g/mol. The third-order valence-electron chi connectivity index (χ3n) is 2.03. The first-order chi connectivity index (χ1) is 7.91. The van der Waals surface area contributed by atoms with E-state index in [-0.39, 0.29) is 12.8 Å². The van der Waals surface area contributed by atoms with Crippen LogP contribution in [0.3, 0.4) is 0 Å². The Hall–Kier alpha value is -1.30. The van der Waals surface area contributed by atoms with Gasteiger partial charge >= 0.3 is 12.1 Å². The Morgan fingerprint density at radius 1 is 1.22 bits per heavy atom. The normalized spacial score (nSPS) is 13.9. The number of aliphatic carboxylic acids is 1. The van der Waals surface area contributed by atoms with Crippen LogP contribution in [0.25, 0.3) is 0 Å². The second kappa shape index (κ2) is 6.04. The number of carbonyl (C=O) groups is 2. The van der Waals surface area contributed by atoms with Crippen LogP contribution in [0, 0.1) is 0 Å². The summed E-state index contributed by atoms with van der Waals surface area (Å²) in [5.74, 6) is -1.15. The first-order valence-corrected chi connectivity index (χ1v) is 5.85. The van der Waals surface area contributed by atoms with E-state index in [1.54, 1.807) is 34.6 Å². The molecule has 6 heteroatoms. The predicted molar refractivity (Wildman–Crippen MR) is 66.3 cm³/mol. The Morgan fingerprint density at radius 2 is 1.72 bits per heavy atom. The van der Waals surface area contributed by atoms with Crippen molar-refractivity contribution in [2.24, 2.45) is 0 Å². The highest BCUT2D eigenvalue weighted by molar-refractivity contribution is 5.79. The summed E-state index contributed by atoms with van der Waals surface area (Å²) < 4.78 is 4.97. The Bertz CT molecular complexity index is 301. The van der Waals surface area contributed by atoms with E-state index in [1.165, 1.54) is 0 Å². The maximum Gasteiger partial charge on any atom is 0.408 e. The van der Waals surface area contributed by atoms with Crippen LogP contribution in [-0.2, 0) is 9.53 Å². The van der Waals surface area contributed by atoms with Crippen molar-refractivity contribution in [1.29, 1.82) is 0 Å². The lowest BCUT2D eigenvalue weighted by Gasteiger charge is -2.23. The number of alkyl carbamates (subject to hydrolysis) is 1. The Kier molecular flexibility index (Phi) is 5.60. The number of nitrogens with one attached hydrogen (secondary N) is 1. The number of hydrogen-bond acceptors (Lipinski definition) is 4. The van der Waals surface area contributed by atoms with Crippen molar-refractivity contribution in [1.82, 2.24) is 5.32 Å². The van der Waals surface area contributed by atoms with E-state index in [0.29, 0.717) is 0 Å². The van der Waals surface area contributed by atoms with E-state index in [1.807, 2.05) is 0 Å². The highest BCUT2D eigenvalue weighted by Crippen LogP contribution is 2.13. The van der Waals surface area contributed by atoms with Crippen LogP contribution in [0.2, 0.25) is 0 Å². The number of ether oxygens (including phenoxy) is 1. The van der Waals surface area contributed by atoms with E-state index in [4.69, 9.17) is 9.84 Å². The molecule has 0 radical (unpaired) electrons. The van der Waals surface area contributed by atoms with Gasteiger partial charge in [0.05, 0.1) is 5.60 Å². The van der Waals surface area contributed by atoms with Crippen molar-refractivity contribution >= 4 is 12.1 Å². The van der Waals surface area contributed by atoms with E-state index in [2.05, 4.69) is 5.32 Å². The van der Waals surface area contributed by atoms with E-state index in [9.17, 15) is 14.7 Å². The molecule has 0 saturated heterocycles. The van der Waals surface area contributed by atoms with Crippen LogP contribution in [0.5, 0.6) is 0 Å². The van der Waals surface area contributed by atoms with Crippen LogP contribution in [0.15, 0.2) is 0 Å². The fourth-order valence-electron chi connectivity index (χ4n) is 1.20. The van der Waals surface area contributed by atoms with Crippen molar-refractivity contribution in [3.05, 3.63) is 0 Å². The third-order valence-corrected chi connectivity index (χ3v) is 2.03. The second-order valence-electron chi connectivity index (χ2n) is 5.89. The van der Waals surface area contributed by atoms with E-state index < -0.39 is 29.3 Å². The van der Waals surface area contributed by atoms with Gasteiger partial charge in [-0.3, -0.25) is 0 Å². The maximum absolute atomic E-state index is 11.4. The summed E-state index contributed by atoms with van der Waals surface area (Å²) in [6, 6.07) is -1.06. The Morgan fingerprint density at radius 3 is 2.06 bits per heavy atom. The summed E-state index contributed by atoms with van der Waals surface area (Å²) in [6.45, 7) is 8.25. The molecule has 1 amide bonds. The largest absolute Gasteiger partial charge is 0.480 e.